The summed E-state index contributed by atoms with van der Waals surface area (Å²) in [5.74, 6) is 0.648. The van der Waals surface area contributed by atoms with Crippen LogP contribution in [0.1, 0.15) is 18.4 Å². The molecule has 1 aliphatic heterocycles. The molecular formula is C29H27FN4O. The van der Waals surface area contributed by atoms with Crippen LogP contribution < -0.4 is 9.80 Å². The zero-order valence-corrected chi connectivity index (χ0v) is 19.4. The van der Waals surface area contributed by atoms with Crippen LogP contribution in [0, 0.1) is 11.7 Å². The molecule has 0 aliphatic carbocycles. The van der Waals surface area contributed by atoms with Crippen molar-refractivity contribution in [1.29, 1.82) is 0 Å². The molecule has 6 heteroatoms. The molecule has 0 N–H and O–H groups in total. The van der Waals surface area contributed by atoms with E-state index in [1.807, 2.05) is 65.6 Å². The molecule has 0 unspecified atom stereocenters. The van der Waals surface area contributed by atoms with E-state index in [-0.39, 0.29) is 17.6 Å². The molecule has 5 nitrogen and oxygen atoms in total. The van der Waals surface area contributed by atoms with Gasteiger partial charge in [0.2, 0.25) is 5.91 Å². The lowest BCUT2D eigenvalue weighted by Gasteiger charge is -2.34. The van der Waals surface area contributed by atoms with Gasteiger partial charge in [0.1, 0.15) is 5.82 Å². The first kappa shape index (κ1) is 22.7. The number of piperidine rings is 1. The highest BCUT2D eigenvalue weighted by Gasteiger charge is 2.30. The molecule has 1 fully saturated rings. The van der Waals surface area contributed by atoms with Gasteiger partial charge < -0.3 is 9.80 Å². The van der Waals surface area contributed by atoms with Crippen molar-refractivity contribution in [2.75, 3.05) is 22.9 Å². The Morgan fingerprint density at radius 3 is 2.11 bits per heavy atom. The maximum absolute atomic E-state index is 13.6. The second-order valence-corrected chi connectivity index (χ2v) is 8.79. The minimum atomic E-state index is -0.273. The lowest BCUT2D eigenvalue weighted by molar-refractivity contribution is -0.123. The van der Waals surface area contributed by atoms with E-state index in [1.165, 1.54) is 12.1 Å². The van der Waals surface area contributed by atoms with Gasteiger partial charge in [-0.3, -0.25) is 4.79 Å². The van der Waals surface area contributed by atoms with Crippen molar-refractivity contribution >= 4 is 17.4 Å². The summed E-state index contributed by atoms with van der Waals surface area (Å²) in [5.41, 5.74) is 3.57. The lowest BCUT2D eigenvalue weighted by atomic mass is 9.94. The van der Waals surface area contributed by atoms with E-state index in [2.05, 4.69) is 27.2 Å². The lowest BCUT2D eigenvalue weighted by Crippen LogP contribution is -2.42. The van der Waals surface area contributed by atoms with Crippen molar-refractivity contribution in [3.63, 3.8) is 0 Å². The first-order valence-electron chi connectivity index (χ1n) is 11.9. The summed E-state index contributed by atoms with van der Waals surface area (Å²) in [6.45, 7) is 2.05. The fourth-order valence-electron chi connectivity index (χ4n) is 4.51. The molecule has 4 aromatic rings. The van der Waals surface area contributed by atoms with Crippen molar-refractivity contribution in [2.45, 2.75) is 19.4 Å². The highest BCUT2D eigenvalue weighted by atomic mass is 19.1. The average Bonchev–Trinajstić information content (AvgIpc) is 2.93. The van der Waals surface area contributed by atoms with E-state index in [0.717, 1.165) is 48.6 Å². The van der Waals surface area contributed by atoms with Crippen LogP contribution in [0.2, 0.25) is 0 Å². The molecule has 1 amide bonds. The molecular weight excluding hydrogens is 439 g/mol. The SMILES string of the molecule is O=C(C1CCN(c2ccc(-c3ccc(F)cc3)nn2)CC1)N(Cc1ccccc1)c1ccccc1. The van der Waals surface area contributed by atoms with Crippen molar-refractivity contribution < 1.29 is 9.18 Å². The normalized spacial score (nSPS) is 14.0. The second kappa shape index (κ2) is 10.5. The molecule has 1 aliphatic rings. The maximum atomic E-state index is 13.6. The number of benzene rings is 3. The summed E-state index contributed by atoms with van der Waals surface area (Å²) in [6.07, 6.45) is 1.52. The van der Waals surface area contributed by atoms with Gasteiger partial charge in [0.15, 0.2) is 5.82 Å². The summed E-state index contributed by atoms with van der Waals surface area (Å²) >= 11 is 0. The Morgan fingerprint density at radius 2 is 1.49 bits per heavy atom. The Labute approximate surface area is 204 Å². The molecule has 0 atom stereocenters. The topological polar surface area (TPSA) is 49.3 Å². The number of anilines is 2. The van der Waals surface area contributed by atoms with Gasteiger partial charge in [0.25, 0.3) is 0 Å². The summed E-state index contributed by atoms with van der Waals surface area (Å²) < 4.78 is 13.2. The van der Waals surface area contributed by atoms with Gasteiger partial charge in [-0.15, -0.1) is 10.2 Å². The highest BCUT2D eigenvalue weighted by Crippen LogP contribution is 2.27. The number of amides is 1. The fraction of sp³-hybridized carbons (Fsp3) is 0.207. The van der Waals surface area contributed by atoms with E-state index in [4.69, 9.17) is 0 Å². The number of nitrogens with zero attached hydrogens (tertiary/aromatic N) is 4. The molecule has 35 heavy (non-hydrogen) atoms. The zero-order chi connectivity index (χ0) is 24.0. The number of halogens is 1. The number of aromatic nitrogens is 2. The molecule has 0 spiro atoms. The Bertz CT molecular complexity index is 1240. The number of para-hydroxylation sites is 1. The van der Waals surface area contributed by atoms with E-state index in [9.17, 15) is 9.18 Å². The van der Waals surface area contributed by atoms with Crippen molar-refractivity contribution in [3.05, 3.63) is 108 Å². The van der Waals surface area contributed by atoms with Gasteiger partial charge in [-0.2, -0.15) is 0 Å². The Hall–Kier alpha value is -4.06. The third-order valence-corrected chi connectivity index (χ3v) is 6.48. The molecule has 0 radical (unpaired) electrons. The molecule has 1 aromatic heterocycles. The molecule has 3 aromatic carbocycles. The van der Waals surface area contributed by atoms with Crippen LogP contribution in [0.3, 0.4) is 0 Å². The summed E-state index contributed by atoms with van der Waals surface area (Å²) in [5, 5.41) is 8.73. The first-order valence-corrected chi connectivity index (χ1v) is 11.9. The van der Waals surface area contributed by atoms with Crippen LogP contribution in [0.4, 0.5) is 15.9 Å². The van der Waals surface area contributed by atoms with E-state index in [0.29, 0.717) is 12.2 Å². The van der Waals surface area contributed by atoms with Crippen molar-refractivity contribution in [1.82, 2.24) is 10.2 Å². The fourth-order valence-corrected chi connectivity index (χ4v) is 4.51. The van der Waals surface area contributed by atoms with Crippen LogP contribution in [-0.4, -0.2) is 29.2 Å². The predicted octanol–water partition coefficient (Wildman–Crippen LogP) is 5.73. The third kappa shape index (κ3) is 5.38. The van der Waals surface area contributed by atoms with Crippen LogP contribution in [-0.2, 0) is 11.3 Å². The maximum Gasteiger partial charge on any atom is 0.230 e. The van der Waals surface area contributed by atoms with Crippen LogP contribution in [0.25, 0.3) is 11.3 Å². The smallest absolute Gasteiger partial charge is 0.230 e. The largest absolute Gasteiger partial charge is 0.355 e. The van der Waals surface area contributed by atoms with Gasteiger partial charge in [0.05, 0.1) is 12.2 Å². The van der Waals surface area contributed by atoms with E-state index >= 15 is 0 Å². The van der Waals surface area contributed by atoms with Crippen LogP contribution in [0.15, 0.2) is 97.1 Å². The van der Waals surface area contributed by atoms with Gasteiger partial charge in [0, 0.05) is 30.3 Å². The van der Waals surface area contributed by atoms with Gasteiger partial charge in [-0.05, 0) is 66.9 Å². The summed E-state index contributed by atoms with van der Waals surface area (Å²) in [7, 11) is 0. The number of carbonyl (C=O) groups excluding carboxylic acids is 1. The van der Waals surface area contributed by atoms with Crippen molar-refractivity contribution in [2.24, 2.45) is 5.92 Å². The van der Waals surface area contributed by atoms with Gasteiger partial charge in [-0.1, -0.05) is 48.5 Å². The minimum absolute atomic E-state index is 0.0402. The van der Waals surface area contributed by atoms with E-state index in [1.54, 1.807) is 12.1 Å². The average molecular weight is 467 g/mol. The quantitative estimate of drug-likeness (QED) is 0.364. The predicted molar refractivity (Wildman–Crippen MR) is 136 cm³/mol. The Kier molecular flexibility index (Phi) is 6.80. The summed E-state index contributed by atoms with van der Waals surface area (Å²) in [6, 6.07) is 30.1. The molecule has 176 valence electrons. The molecule has 0 bridgehead atoms. The van der Waals surface area contributed by atoms with Crippen molar-refractivity contribution in [3.8, 4) is 11.3 Å². The highest BCUT2D eigenvalue weighted by molar-refractivity contribution is 5.95. The molecule has 1 saturated heterocycles. The third-order valence-electron chi connectivity index (χ3n) is 6.48. The number of hydrogen-bond donors (Lipinski definition) is 0. The monoisotopic (exact) mass is 466 g/mol. The van der Waals surface area contributed by atoms with Crippen LogP contribution >= 0.6 is 0 Å². The zero-order valence-electron chi connectivity index (χ0n) is 19.4. The number of carbonyl (C=O) groups is 1. The van der Waals surface area contributed by atoms with Crippen LogP contribution in [0.5, 0.6) is 0 Å². The Morgan fingerprint density at radius 1 is 0.829 bits per heavy atom. The summed E-state index contributed by atoms with van der Waals surface area (Å²) in [4.78, 5) is 17.7. The number of rotatable bonds is 6. The second-order valence-electron chi connectivity index (χ2n) is 8.79. The van der Waals surface area contributed by atoms with Gasteiger partial charge in [-0.25, -0.2) is 4.39 Å². The first-order chi connectivity index (χ1) is 17.2. The Balaban J connectivity index is 1.25. The van der Waals surface area contributed by atoms with E-state index < -0.39 is 0 Å². The minimum Gasteiger partial charge on any atom is -0.355 e. The molecule has 5 rings (SSSR count). The standard InChI is InChI=1S/C29H27FN4O/c30-25-13-11-23(12-14-25)27-15-16-28(32-31-27)33-19-17-24(18-20-33)29(35)34(26-9-5-2-6-10-26)21-22-7-3-1-4-8-22/h1-16,24H,17-21H2. The van der Waals surface area contributed by atoms with Gasteiger partial charge >= 0.3 is 0 Å². The molecule has 0 saturated carbocycles. The number of hydrogen-bond acceptors (Lipinski definition) is 4. The molecule has 2 heterocycles.